The Morgan fingerprint density at radius 2 is 1.78 bits per heavy atom. The molecule has 0 unspecified atom stereocenters. The largest absolute Gasteiger partial charge is 0.451 e. The van der Waals surface area contributed by atoms with E-state index in [1.165, 1.54) is 0 Å². The van der Waals surface area contributed by atoms with Crippen LogP contribution in [0.5, 0.6) is 0 Å². The SMILES string of the molecule is CCOCc1c(C(=O)NC2CCN(CC(=O)Nc3ccccc3)CC2)oc2ccccc12. The first-order chi connectivity index (χ1) is 15.6. The smallest absolute Gasteiger partial charge is 0.287 e. The predicted molar refractivity (Wildman–Crippen MR) is 124 cm³/mol. The number of fused-ring (bicyclic) bond motifs is 1. The first-order valence-corrected chi connectivity index (χ1v) is 11.1. The number of carbonyl (C=O) groups excluding carboxylic acids is 2. The lowest BCUT2D eigenvalue weighted by Gasteiger charge is -2.31. The molecule has 1 aromatic heterocycles. The van der Waals surface area contributed by atoms with E-state index in [1.807, 2.05) is 61.5 Å². The normalized spacial score (nSPS) is 15.0. The minimum Gasteiger partial charge on any atom is -0.451 e. The van der Waals surface area contributed by atoms with E-state index in [2.05, 4.69) is 15.5 Å². The van der Waals surface area contributed by atoms with Crippen molar-refractivity contribution in [2.75, 3.05) is 31.6 Å². The summed E-state index contributed by atoms with van der Waals surface area (Å²) in [6.45, 7) is 4.67. The molecule has 2 aromatic carbocycles. The Kier molecular flexibility index (Phi) is 7.19. The van der Waals surface area contributed by atoms with Gasteiger partial charge >= 0.3 is 0 Å². The average Bonchev–Trinajstić information content (AvgIpc) is 3.18. The van der Waals surface area contributed by atoms with Crippen LogP contribution >= 0.6 is 0 Å². The van der Waals surface area contributed by atoms with Crippen LogP contribution in [-0.2, 0) is 16.1 Å². The molecule has 7 heteroatoms. The van der Waals surface area contributed by atoms with Crippen LogP contribution in [0.25, 0.3) is 11.0 Å². The van der Waals surface area contributed by atoms with E-state index in [1.54, 1.807) is 0 Å². The van der Waals surface area contributed by atoms with Gasteiger partial charge < -0.3 is 19.8 Å². The summed E-state index contributed by atoms with van der Waals surface area (Å²) in [6, 6.07) is 17.1. The van der Waals surface area contributed by atoms with E-state index >= 15 is 0 Å². The van der Waals surface area contributed by atoms with Crippen molar-refractivity contribution in [1.82, 2.24) is 10.2 Å². The van der Waals surface area contributed by atoms with Crippen molar-refractivity contribution in [3.05, 3.63) is 65.9 Å². The van der Waals surface area contributed by atoms with Crippen LogP contribution in [0.2, 0.25) is 0 Å². The molecule has 3 aromatic rings. The van der Waals surface area contributed by atoms with Crippen molar-refractivity contribution in [1.29, 1.82) is 0 Å². The molecule has 1 aliphatic rings. The summed E-state index contributed by atoms with van der Waals surface area (Å²) >= 11 is 0. The van der Waals surface area contributed by atoms with Gasteiger partial charge in [0.15, 0.2) is 5.76 Å². The van der Waals surface area contributed by atoms with Crippen molar-refractivity contribution >= 4 is 28.5 Å². The molecule has 2 heterocycles. The van der Waals surface area contributed by atoms with Gasteiger partial charge in [0.2, 0.25) is 5.91 Å². The maximum atomic E-state index is 13.0. The van der Waals surface area contributed by atoms with E-state index < -0.39 is 0 Å². The number of hydrogen-bond donors (Lipinski definition) is 2. The summed E-state index contributed by atoms with van der Waals surface area (Å²) in [5.74, 6) is 0.0852. The minimum atomic E-state index is -0.212. The number of para-hydroxylation sites is 2. The molecule has 0 aliphatic carbocycles. The topological polar surface area (TPSA) is 83.8 Å². The first kappa shape index (κ1) is 22.0. The molecular weight excluding hydrogens is 406 g/mol. The lowest BCUT2D eigenvalue weighted by atomic mass is 10.0. The van der Waals surface area contributed by atoms with E-state index in [0.717, 1.165) is 42.6 Å². The molecule has 1 saturated heterocycles. The van der Waals surface area contributed by atoms with Crippen LogP contribution in [0.1, 0.15) is 35.9 Å². The Bertz CT molecular complexity index is 1060. The number of furan rings is 1. The van der Waals surface area contributed by atoms with Crippen molar-refractivity contribution in [2.45, 2.75) is 32.4 Å². The van der Waals surface area contributed by atoms with Crippen LogP contribution in [0.15, 0.2) is 59.0 Å². The maximum absolute atomic E-state index is 13.0. The van der Waals surface area contributed by atoms with Gasteiger partial charge in [0.1, 0.15) is 5.58 Å². The number of nitrogens with zero attached hydrogens (tertiary/aromatic N) is 1. The Labute approximate surface area is 187 Å². The van der Waals surface area contributed by atoms with Crippen LogP contribution < -0.4 is 10.6 Å². The molecule has 32 heavy (non-hydrogen) atoms. The second kappa shape index (κ2) is 10.4. The average molecular weight is 436 g/mol. The van der Waals surface area contributed by atoms with Crippen molar-refractivity contribution < 1.29 is 18.7 Å². The fourth-order valence-corrected chi connectivity index (χ4v) is 4.04. The molecule has 0 bridgehead atoms. The summed E-state index contributed by atoms with van der Waals surface area (Å²) in [5.41, 5.74) is 2.27. The molecule has 0 saturated carbocycles. The lowest BCUT2D eigenvalue weighted by Crippen LogP contribution is -2.46. The van der Waals surface area contributed by atoms with E-state index in [4.69, 9.17) is 9.15 Å². The van der Waals surface area contributed by atoms with Crippen LogP contribution in [0.4, 0.5) is 5.69 Å². The number of benzene rings is 2. The number of rotatable bonds is 8. The maximum Gasteiger partial charge on any atom is 0.287 e. The number of piperidine rings is 1. The fraction of sp³-hybridized carbons (Fsp3) is 0.360. The monoisotopic (exact) mass is 435 g/mol. The van der Waals surface area contributed by atoms with Crippen LogP contribution in [0.3, 0.4) is 0 Å². The standard InChI is InChI=1S/C25H29N3O4/c1-2-31-17-21-20-10-6-7-11-22(20)32-24(21)25(30)27-19-12-14-28(15-13-19)16-23(29)26-18-8-4-3-5-9-18/h3-11,19H,2,12-17H2,1H3,(H,26,29)(H,27,30). The highest BCUT2D eigenvalue weighted by atomic mass is 16.5. The number of likely N-dealkylation sites (tertiary alicyclic amines) is 1. The molecule has 4 rings (SSSR count). The Hall–Kier alpha value is -3.16. The molecule has 2 N–H and O–H groups in total. The molecule has 168 valence electrons. The predicted octanol–water partition coefficient (Wildman–Crippen LogP) is 3.80. The molecule has 1 fully saturated rings. The molecule has 0 radical (unpaired) electrons. The zero-order chi connectivity index (χ0) is 22.3. The molecular formula is C25H29N3O4. The highest BCUT2D eigenvalue weighted by Gasteiger charge is 2.26. The second-order valence-corrected chi connectivity index (χ2v) is 7.98. The molecule has 1 aliphatic heterocycles. The van der Waals surface area contributed by atoms with Gasteiger partial charge in [0, 0.05) is 42.4 Å². The third kappa shape index (κ3) is 5.36. The highest BCUT2D eigenvalue weighted by molar-refractivity contribution is 5.99. The summed E-state index contributed by atoms with van der Waals surface area (Å²) in [5, 5.41) is 6.93. The van der Waals surface area contributed by atoms with Crippen LogP contribution in [-0.4, -0.2) is 49.0 Å². The molecule has 0 spiro atoms. The molecule has 0 atom stereocenters. The first-order valence-electron chi connectivity index (χ1n) is 11.1. The minimum absolute atomic E-state index is 0.0264. The van der Waals surface area contributed by atoms with Gasteiger partial charge in [-0.05, 0) is 38.0 Å². The van der Waals surface area contributed by atoms with Crippen molar-refractivity contribution in [3.8, 4) is 0 Å². The number of amides is 2. The third-order valence-electron chi connectivity index (χ3n) is 5.70. The second-order valence-electron chi connectivity index (χ2n) is 7.98. The summed E-state index contributed by atoms with van der Waals surface area (Å²) in [6.07, 6.45) is 1.57. The number of ether oxygens (including phenoxy) is 1. The number of anilines is 1. The Morgan fingerprint density at radius 3 is 2.53 bits per heavy atom. The zero-order valence-electron chi connectivity index (χ0n) is 18.3. The number of carbonyl (C=O) groups is 2. The molecule has 7 nitrogen and oxygen atoms in total. The number of nitrogens with one attached hydrogen (secondary N) is 2. The lowest BCUT2D eigenvalue weighted by molar-refractivity contribution is -0.117. The van der Waals surface area contributed by atoms with Gasteiger partial charge in [-0.1, -0.05) is 36.4 Å². The summed E-state index contributed by atoms with van der Waals surface area (Å²) in [4.78, 5) is 27.4. The third-order valence-corrected chi connectivity index (χ3v) is 5.70. The molecule has 2 amide bonds. The summed E-state index contributed by atoms with van der Waals surface area (Å²) in [7, 11) is 0. The Balaban J connectivity index is 1.31. The van der Waals surface area contributed by atoms with Crippen molar-refractivity contribution in [2.24, 2.45) is 0 Å². The fourth-order valence-electron chi connectivity index (χ4n) is 4.04. The van der Waals surface area contributed by atoms with E-state index in [-0.39, 0.29) is 17.9 Å². The summed E-state index contributed by atoms with van der Waals surface area (Å²) < 4.78 is 11.5. The van der Waals surface area contributed by atoms with Gasteiger partial charge in [0.05, 0.1) is 13.2 Å². The van der Waals surface area contributed by atoms with E-state index in [0.29, 0.717) is 31.1 Å². The highest BCUT2D eigenvalue weighted by Crippen LogP contribution is 2.27. The quantitative estimate of drug-likeness (QED) is 0.562. The Morgan fingerprint density at radius 1 is 1.06 bits per heavy atom. The van der Waals surface area contributed by atoms with Gasteiger partial charge in [-0.2, -0.15) is 0 Å². The van der Waals surface area contributed by atoms with Gasteiger partial charge in [-0.25, -0.2) is 0 Å². The van der Waals surface area contributed by atoms with Gasteiger partial charge in [-0.3, -0.25) is 14.5 Å². The van der Waals surface area contributed by atoms with Crippen LogP contribution in [0, 0.1) is 0 Å². The van der Waals surface area contributed by atoms with Gasteiger partial charge in [-0.15, -0.1) is 0 Å². The number of hydrogen-bond acceptors (Lipinski definition) is 5. The van der Waals surface area contributed by atoms with Gasteiger partial charge in [0.25, 0.3) is 5.91 Å². The van der Waals surface area contributed by atoms with Crippen molar-refractivity contribution in [3.63, 3.8) is 0 Å². The van der Waals surface area contributed by atoms with E-state index in [9.17, 15) is 9.59 Å². The zero-order valence-corrected chi connectivity index (χ0v) is 18.3.